The molecule has 0 radical (unpaired) electrons. The molecule has 0 amide bonds. The Morgan fingerprint density at radius 1 is 0.800 bits per heavy atom. The molecule has 3 aromatic carbocycles. The molecule has 0 aliphatic heterocycles. The van der Waals surface area contributed by atoms with Gasteiger partial charge in [-0.05, 0) is 28.8 Å². The van der Waals surface area contributed by atoms with Gasteiger partial charge < -0.3 is 4.74 Å². The lowest BCUT2D eigenvalue weighted by Crippen LogP contribution is -1.98. The smallest absolute Gasteiger partial charge is 0.163 e. The number of benzene rings is 3. The lowest BCUT2D eigenvalue weighted by atomic mass is 10.0. The average Bonchev–Trinajstić information content (AvgIpc) is 2.68. The predicted octanol–water partition coefficient (Wildman–Crippen LogP) is 5.90. The van der Waals surface area contributed by atoms with Crippen LogP contribution in [0.15, 0.2) is 78.9 Å². The summed E-state index contributed by atoms with van der Waals surface area (Å²) in [4.78, 5) is 11.9. The Balaban J connectivity index is 1.64. The summed E-state index contributed by atoms with van der Waals surface area (Å²) < 4.78 is 5.81. The SMILES string of the molecule is O=C(CCBr)c1ccc(-c2ccc(OCc3ccccc3)cc2)cc1. The number of alkyl halides is 1. The Kier molecular flexibility index (Phi) is 6.02. The number of hydrogen-bond donors (Lipinski definition) is 0. The topological polar surface area (TPSA) is 26.3 Å². The highest BCUT2D eigenvalue weighted by Gasteiger charge is 2.05. The van der Waals surface area contributed by atoms with Gasteiger partial charge in [0, 0.05) is 17.3 Å². The number of Topliss-reactive ketones (excluding diaryl/α,β-unsaturated/α-hetero) is 1. The van der Waals surface area contributed by atoms with Crippen molar-refractivity contribution in [1.29, 1.82) is 0 Å². The standard InChI is InChI=1S/C22H19BrO2/c23-15-14-22(24)20-8-6-18(7-9-20)19-10-12-21(13-11-19)25-16-17-4-2-1-3-5-17/h1-13H,14-16H2. The Labute approximate surface area is 156 Å². The zero-order chi connectivity index (χ0) is 17.5. The molecule has 3 heteroatoms. The van der Waals surface area contributed by atoms with Crippen molar-refractivity contribution < 1.29 is 9.53 Å². The molecule has 0 N–H and O–H groups in total. The first kappa shape index (κ1) is 17.4. The Morgan fingerprint density at radius 2 is 1.40 bits per heavy atom. The third-order valence-electron chi connectivity index (χ3n) is 3.96. The van der Waals surface area contributed by atoms with Crippen molar-refractivity contribution in [2.45, 2.75) is 13.0 Å². The number of carbonyl (C=O) groups excluding carboxylic acids is 1. The van der Waals surface area contributed by atoms with Gasteiger partial charge in [0.05, 0.1) is 0 Å². The second kappa shape index (κ2) is 8.63. The Morgan fingerprint density at radius 3 is 2.00 bits per heavy atom. The lowest BCUT2D eigenvalue weighted by molar-refractivity contribution is 0.0990. The van der Waals surface area contributed by atoms with Gasteiger partial charge in [0.15, 0.2) is 5.78 Å². The van der Waals surface area contributed by atoms with Crippen molar-refractivity contribution in [3.63, 3.8) is 0 Å². The van der Waals surface area contributed by atoms with Crippen molar-refractivity contribution in [3.8, 4) is 16.9 Å². The molecule has 0 aromatic heterocycles. The maximum Gasteiger partial charge on any atom is 0.163 e. The van der Waals surface area contributed by atoms with E-state index in [0.29, 0.717) is 18.4 Å². The van der Waals surface area contributed by atoms with Gasteiger partial charge in [0.1, 0.15) is 12.4 Å². The van der Waals surface area contributed by atoms with Gasteiger partial charge in [-0.15, -0.1) is 0 Å². The van der Waals surface area contributed by atoms with E-state index in [0.717, 1.165) is 28.0 Å². The minimum absolute atomic E-state index is 0.160. The summed E-state index contributed by atoms with van der Waals surface area (Å²) in [6.45, 7) is 0.560. The number of ketones is 1. The lowest BCUT2D eigenvalue weighted by Gasteiger charge is -2.08. The third kappa shape index (κ3) is 4.80. The summed E-state index contributed by atoms with van der Waals surface area (Å²) in [5, 5.41) is 0.692. The molecular formula is C22H19BrO2. The van der Waals surface area contributed by atoms with E-state index >= 15 is 0 Å². The molecular weight excluding hydrogens is 376 g/mol. The first-order valence-electron chi connectivity index (χ1n) is 8.22. The van der Waals surface area contributed by atoms with E-state index in [1.165, 1.54) is 0 Å². The first-order chi connectivity index (χ1) is 12.3. The summed E-state index contributed by atoms with van der Waals surface area (Å²) in [6.07, 6.45) is 0.521. The fourth-order valence-electron chi connectivity index (χ4n) is 2.56. The minimum atomic E-state index is 0.160. The number of rotatable bonds is 7. The second-order valence-electron chi connectivity index (χ2n) is 5.74. The van der Waals surface area contributed by atoms with Crippen molar-refractivity contribution in [1.82, 2.24) is 0 Å². The van der Waals surface area contributed by atoms with E-state index < -0.39 is 0 Å². The molecule has 3 rings (SSSR count). The van der Waals surface area contributed by atoms with Crippen LogP contribution in [0.4, 0.5) is 0 Å². The fraction of sp³-hybridized carbons (Fsp3) is 0.136. The molecule has 0 atom stereocenters. The summed E-state index contributed by atoms with van der Waals surface area (Å²) in [5.41, 5.74) is 4.10. The maximum absolute atomic E-state index is 11.9. The zero-order valence-corrected chi connectivity index (χ0v) is 15.4. The highest BCUT2D eigenvalue weighted by Crippen LogP contribution is 2.23. The molecule has 0 saturated carbocycles. The van der Waals surface area contributed by atoms with Crippen LogP contribution in [0.2, 0.25) is 0 Å². The van der Waals surface area contributed by atoms with Crippen LogP contribution < -0.4 is 4.74 Å². The summed E-state index contributed by atoms with van der Waals surface area (Å²) >= 11 is 3.30. The van der Waals surface area contributed by atoms with E-state index in [4.69, 9.17) is 4.74 Å². The van der Waals surface area contributed by atoms with Crippen LogP contribution in [0.5, 0.6) is 5.75 Å². The van der Waals surface area contributed by atoms with Crippen LogP contribution in [0.1, 0.15) is 22.3 Å². The van der Waals surface area contributed by atoms with Crippen LogP contribution in [0, 0.1) is 0 Å². The molecule has 3 aromatic rings. The predicted molar refractivity (Wildman–Crippen MR) is 105 cm³/mol. The number of carbonyl (C=O) groups is 1. The van der Waals surface area contributed by atoms with Gasteiger partial charge in [-0.2, -0.15) is 0 Å². The van der Waals surface area contributed by atoms with E-state index in [9.17, 15) is 4.79 Å². The zero-order valence-electron chi connectivity index (χ0n) is 13.8. The molecule has 0 unspecified atom stereocenters. The highest BCUT2D eigenvalue weighted by atomic mass is 79.9. The molecule has 0 bridgehead atoms. The van der Waals surface area contributed by atoms with Crippen molar-refractivity contribution in [2.75, 3.05) is 5.33 Å². The van der Waals surface area contributed by atoms with Crippen LogP contribution >= 0.6 is 15.9 Å². The average molecular weight is 395 g/mol. The fourth-order valence-corrected chi connectivity index (χ4v) is 2.92. The minimum Gasteiger partial charge on any atom is -0.489 e. The van der Waals surface area contributed by atoms with E-state index in [-0.39, 0.29) is 5.78 Å². The second-order valence-corrected chi connectivity index (χ2v) is 6.53. The molecule has 2 nitrogen and oxygen atoms in total. The van der Waals surface area contributed by atoms with Crippen molar-refractivity contribution in [3.05, 3.63) is 90.0 Å². The van der Waals surface area contributed by atoms with E-state index in [2.05, 4.69) is 15.9 Å². The van der Waals surface area contributed by atoms with E-state index in [1.54, 1.807) is 0 Å². The molecule has 0 heterocycles. The molecule has 0 fully saturated rings. The summed E-state index contributed by atoms with van der Waals surface area (Å²) in [7, 11) is 0. The highest BCUT2D eigenvalue weighted by molar-refractivity contribution is 9.09. The van der Waals surface area contributed by atoms with E-state index in [1.807, 2.05) is 78.9 Å². The van der Waals surface area contributed by atoms with Crippen molar-refractivity contribution in [2.24, 2.45) is 0 Å². The maximum atomic E-state index is 11.9. The van der Waals surface area contributed by atoms with Gasteiger partial charge in [0.2, 0.25) is 0 Å². The molecule has 0 spiro atoms. The third-order valence-corrected chi connectivity index (χ3v) is 4.36. The summed E-state index contributed by atoms with van der Waals surface area (Å²) in [5.74, 6) is 1.00. The summed E-state index contributed by atoms with van der Waals surface area (Å²) in [6, 6.07) is 25.9. The largest absolute Gasteiger partial charge is 0.489 e. The van der Waals surface area contributed by atoms with Gasteiger partial charge in [-0.25, -0.2) is 0 Å². The molecule has 0 aliphatic carbocycles. The number of halogens is 1. The molecule has 25 heavy (non-hydrogen) atoms. The monoisotopic (exact) mass is 394 g/mol. The number of hydrogen-bond acceptors (Lipinski definition) is 2. The number of ether oxygens (including phenoxy) is 1. The van der Waals surface area contributed by atoms with Crippen LogP contribution in [0.3, 0.4) is 0 Å². The van der Waals surface area contributed by atoms with Crippen LogP contribution in [0.25, 0.3) is 11.1 Å². The van der Waals surface area contributed by atoms with Gasteiger partial charge >= 0.3 is 0 Å². The molecule has 0 saturated heterocycles. The normalized spacial score (nSPS) is 10.4. The first-order valence-corrected chi connectivity index (χ1v) is 9.35. The van der Waals surface area contributed by atoms with Crippen molar-refractivity contribution >= 4 is 21.7 Å². The molecule has 126 valence electrons. The van der Waals surface area contributed by atoms with Gasteiger partial charge in [-0.3, -0.25) is 4.79 Å². The van der Waals surface area contributed by atoms with Gasteiger partial charge in [0.25, 0.3) is 0 Å². The Bertz CT molecular complexity index is 809. The quantitative estimate of drug-likeness (QED) is 0.368. The van der Waals surface area contributed by atoms with Crippen LogP contribution in [-0.2, 0) is 6.61 Å². The molecule has 0 aliphatic rings. The van der Waals surface area contributed by atoms with Gasteiger partial charge in [-0.1, -0.05) is 82.7 Å². The van der Waals surface area contributed by atoms with Crippen LogP contribution in [-0.4, -0.2) is 11.1 Å². The Hall–Kier alpha value is -2.39.